The number of hydrogen-bond donors (Lipinski definition) is 1. The van der Waals surface area contributed by atoms with Crippen molar-refractivity contribution in [1.29, 1.82) is 0 Å². The quantitative estimate of drug-likeness (QED) is 0.544. The molecule has 1 aliphatic rings. The maximum atomic E-state index is 13.5. The molecule has 0 aliphatic heterocycles. The first-order chi connectivity index (χ1) is 14.6. The minimum absolute atomic E-state index is 0.0774. The molecule has 0 saturated heterocycles. The fourth-order valence-corrected chi connectivity index (χ4v) is 4.04. The topological polar surface area (TPSA) is 60.1 Å². The van der Waals surface area contributed by atoms with Crippen LogP contribution in [0.4, 0.5) is 4.39 Å². The molecular formula is C24H28FN3O2. The molecule has 0 bridgehead atoms. The first kappa shape index (κ1) is 20.4. The lowest BCUT2D eigenvalue weighted by molar-refractivity contribution is 0.0912. The van der Waals surface area contributed by atoms with Crippen LogP contribution in [0.25, 0.3) is 22.7 Å². The summed E-state index contributed by atoms with van der Waals surface area (Å²) in [6.07, 6.45) is 8.52. The van der Waals surface area contributed by atoms with Gasteiger partial charge in [-0.05, 0) is 62.6 Å². The molecule has 1 atom stereocenters. The molecule has 1 fully saturated rings. The number of imidazole rings is 1. The van der Waals surface area contributed by atoms with Gasteiger partial charge in [-0.15, -0.1) is 0 Å². The molecule has 1 aromatic carbocycles. The summed E-state index contributed by atoms with van der Waals surface area (Å²) in [5.41, 5.74) is 2.41. The molecule has 0 spiro atoms. The van der Waals surface area contributed by atoms with Gasteiger partial charge in [-0.3, -0.25) is 4.79 Å². The number of aromatic nitrogens is 2. The molecule has 5 nitrogen and oxygen atoms in total. The summed E-state index contributed by atoms with van der Waals surface area (Å²) in [6, 6.07) is 10.3. The summed E-state index contributed by atoms with van der Waals surface area (Å²) < 4.78 is 21.6. The maximum Gasteiger partial charge on any atom is 0.287 e. The minimum atomic E-state index is -0.283. The second-order valence-electron chi connectivity index (χ2n) is 8.09. The van der Waals surface area contributed by atoms with E-state index in [9.17, 15) is 9.18 Å². The van der Waals surface area contributed by atoms with E-state index in [4.69, 9.17) is 4.42 Å². The van der Waals surface area contributed by atoms with Crippen molar-refractivity contribution in [2.45, 2.75) is 64.5 Å². The molecular weight excluding hydrogens is 381 g/mol. The van der Waals surface area contributed by atoms with Gasteiger partial charge in [0.05, 0.1) is 12.0 Å². The Labute approximate surface area is 176 Å². The Bertz CT molecular complexity index is 1000. The largest absolute Gasteiger partial charge is 0.449 e. The number of amides is 1. The van der Waals surface area contributed by atoms with Gasteiger partial charge in [0.15, 0.2) is 11.5 Å². The van der Waals surface area contributed by atoms with Crippen LogP contribution >= 0.6 is 0 Å². The lowest BCUT2D eigenvalue weighted by Crippen LogP contribution is -2.31. The van der Waals surface area contributed by atoms with E-state index in [0.717, 1.165) is 36.2 Å². The second-order valence-corrected chi connectivity index (χ2v) is 8.09. The van der Waals surface area contributed by atoms with Gasteiger partial charge in [0.25, 0.3) is 5.91 Å². The zero-order valence-electron chi connectivity index (χ0n) is 17.5. The zero-order valence-corrected chi connectivity index (χ0v) is 17.5. The van der Waals surface area contributed by atoms with Crippen molar-refractivity contribution in [3.8, 4) is 22.7 Å². The van der Waals surface area contributed by atoms with Crippen LogP contribution in [-0.4, -0.2) is 21.5 Å². The Kier molecular flexibility index (Phi) is 6.02. The molecule has 3 aromatic rings. The normalized spacial score (nSPS) is 15.8. The first-order valence-corrected chi connectivity index (χ1v) is 10.8. The van der Waals surface area contributed by atoms with E-state index in [1.165, 1.54) is 31.4 Å². The van der Waals surface area contributed by atoms with Gasteiger partial charge in [-0.25, -0.2) is 9.37 Å². The van der Waals surface area contributed by atoms with Gasteiger partial charge in [-0.1, -0.05) is 26.2 Å². The summed E-state index contributed by atoms with van der Waals surface area (Å²) in [6.45, 7) is 3.99. The number of nitrogens with zero attached hydrogens (tertiary/aromatic N) is 2. The molecule has 1 aliphatic carbocycles. The van der Waals surface area contributed by atoms with E-state index >= 15 is 0 Å². The Morgan fingerprint density at radius 3 is 2.63 bits per heavy atom. The number of rotatable bonds is 6. The van der Waals surface area contributed by atoms with Crippen molar-refractivity contribution in [1.82, 2.24) is 14.9 Å². The number of halogens is 1. The fourth-order valence-electron chi connectivity index (χ4n) is 4.04. The third kappa shape index (κ3) is 4.18. The SMILES string of the molecule is CCC(C)NC(=O)c1ccc(-c2c(-c3ccc(F)cc3)ncn2C2CCCCC2)o1. The highest BCUT2D eigenvalue weighted by atomic mass is 19.1. The number of furan rings is 1. The van der Waals surface area contributed by atoms with Gasteiger partial charge >= 0.3 is 0 Å². The smallest absolute Gasteiger partial charge is 0.287 e. The van der Waals surface area contributed by atoms with Crippen molar-refractivity contribution in [3.63, 3.8) is 0 Å². The minimum Gasteiger partial charge on any atom is -0.449 e. The highest BCUT2D eigenvalue weighted by Gasteiger charge is 2.25. The molecule has 1 N–H and O–H groups in total. The predicted molar refractivity (Wildman–Crippen MR) is 115 cm³/mol. The number of carbonyl (C=O) groups excluding carboxylic acids is 1. The number of nitrogens with one attached hydrogen (secondary N) is 1. The Hall–Kier alpha value is -2.89. The van der Waals surface area contributed by atoms with E-state index in [-0.39, 0.29) is 23.5 Å². The third-order valence-electron chi connectivity index (χ3n) is 5.93. The van der Waals surface area contributed by atoms with Crippen LogP contribution in [0, 0.1) is 5.82 Å². The third-order valence-corrected chi connectivity index (χ3v) is 5.93. The second kappa shape index (κ2) is 8.86. The number of benzene rings is 1. The van der Waals surface area contributed by atoms with Crippen molar-refractivity contribution in [2.24, 2.45) is 0 Å². The summed E-state index contributed by atoms with van der Waals surface area (Å²) in [5.74, 6) is 0.384. The number of carbonyl (C=O) groups is 1. The zero-order chi connectivity index (χ0) is 21.1. The Morgan fingerprint density at radius 1 is 1.20 bits per heavy atom. The van der Waals surface area contributed by atoms with Gasteiger partial charge in [0.2, 0.25) is 0 Å². The summed E-state index contributed by atoms with van der Waals surface area (Å²) in [4.78, 5) is 17.2. The van der Waals surface area contributed by atoms with Gasteiger partial charge in [-0.2, -0.15) is 0 Å². The van der Waals surface area contributed by atoms with Crippen LogP contribution in [0.3, 0.4) is 0 Å². The fraction of sp³-hybridized carbons (Fsp3) is 0.417. The molecule has 30 heavy (non-hydrogen) atoms. The molecule has 2 aromatic heterocycles. The van der Waals surface area contributed by atoms with Crippen LogP contribution in [0.15, 0.2) is 47.1 Å². The predicted octanol–water partition coefficient (Wildman–Crippen LogP) is 5.98. The van der Waals surface area contributed by atoms with Crippen LogP contribution in [0.5, 0.6) is 0 Å². The molecule has 6 heteroatoms. The molecule has 1 amide bonds. The molecule has 158 valence electrons. The molecule has 1 unspecified atom stereocenters. The maximum absolute atomic E-state index is 13.5. The van der Waals surface area contributed by atoms with E-state index in [2.05, 4.69) is 14.9 Å². The molecule has 2 heterocycles. The van der Waals surface area contributed by atoms with Crippen molar-refractivity contribution >= 4 is 5.91 Å². The summed E-state index contributed by atoms with van der Waals surface area (Å²) in [5, 5.41) is 2.94. The van der Waals surface area contributed by atoms with E-state index in [0.29, 0.717) is 11.8 Å². The highest BCUT2D eigenvalue weighted by molar-refractivity contribution is 5.92. The molecule has 4 rings (SSSR count). The average Bonchev–Trinajstić information content (AvgIpc) is 3.42. The monoisotopic (exact) mass is 409 g/mol. The van der Waals surface area contributed by atoms with Crippen LogP contribution in [0.1, 0.15) is 69.0 Å². The van der Waals surface area contributed by atoms with Crippen molar-refractivity contribution < 1.29 is 13.6 Å². The average molecular weight is 410 g/mol. The molecule has 1 saturated carbocycles. The summed E-state index contributed by atoms with van der Waals surface area (Å²) >= 11 is 0. The lowest BCUT2D eigenvalue weighted by atomic mass is 9.95. The highest BCUT2D eigenvalue weighted by Crippen LogP contribution is 2.38. The van der Waals surface area contributed by atoms with Crippen LogP contribution < -0.4 is 5.32 Å². The Morgan fingerprint density at radius 2 is 1.93 bits per heavy atom. The summed E-state index contributed by atoms with van der Waals surface area (Å²) in [7, 11) is 0. The van der Waals surface area contributed by atoms with E-state index in [1.54, 1.807) is 18.2 Å². The van der Waals surface area contributed by atoms with Crippen LogP contribution in [0.2, 0.25) is 0 Å². The Balaban J connectivity index is 1.74. The van der Waals surface area contributed by atoms with Crippen LogP contribution in [-0.2, 0) is 0 Å². The van der Waals surface area contributed by atoms with E-state index < -0.39 is 0 Å². The van der Waals surface area contributed by atoms with E-state index in [1.807, 2.05) is 26.2 Å². The van der Waals surface area contributed by atoms with Gasteiger partial charge in [0, 0.05) is 17.6 Å². The lowest BCUT2D eigenvalue weighted by Gasteiger charge is -2.24. The standard InChI is InChI=1S/C24H28FN3O2/c1-3-16(2)27-24(29)21-14-13-20(30-21)23-22(17-9-11-18(25)12-10-17)26-15-28(23)19-7-5-4-6-8-19/h9-16,19H,3-8H2,1-2H3,(H,27,29). The van der Waals surface area contributed by atoms with Gasteiger partial charge in [0.1, 0.15) is 11.5 Å². The molecule has 0 radical (unpaired) electrons. The van der Waals surface area contributed by atoms with Crippen molar-refractivity contribution in [3.05, 3.63) is 54.3 Å². The van der Waals surface area contributed by atoms with Gasteiger partial charge < -0.3 is 14.3 Å². The first-order valence-electron chi connectivity index (χ1n) is 10.8. The number of hydrogen-bond acceptors (Lipinski definition) is 3. The van der Waals surface area contributed by atoms with Crippen molar-refractivity contribution in [2.75, 3.05) is 0 Å².